The molecule has 0 spiro atoms. The Bertz CT molecular complexity index is 712. The summed E-state index contributed by atoms with van der Waals surface area (Å²) >= 11 is 0. The summed E-state index contributed by atoms with van der Waals surface area (Å²) in [6.45, 7) is -1.27. The third-order valence-electron chi connectivity index (χ3n) is 2.79. The van der Waals surface area contributed by atoms with Crippen molar-refractivity contribution >= 4 is 31.3 Å². The van der Waals surface area contributed by atoms with E-state index < -0.39 is 68.6 Å². The van der Waals surface area contributed by atoms with Crippen LogP contribution in [0.5, 0.6) is 0 Å². The van der Waals surface area contributed by atoms with Gasteiger partial charge >= 0.3 is 31.3 Å². The number of rotatable bonds is 9. The molecule has 1 saturated heterocycles. The van der Waals surface area contributed by atoms with Crippen molar-refractivity contribution in [2.45, 2.75) is 30.7 Å². The predicted molar refractivity (Wildman–Crippen MR) is 79.6 cm³/mol. The summed E-state index contributed by atoms with van der Waals surface area (Å²) in [6.07, 6.45) is -11.9. The number of hydrogen-bond donors (Lipinski definition) is 9. The largest absolute Gasteiger partial charge is 0.470 e. The van der Waals surface area contributed by atoms with Gasteiger partial charge < -0.3 is 49.0 Å². The zero-order valence-electron chi connectivity index (χ0n) is 13.1. The van der Waals surface area contributed by atoms with Gasteiger partial charge in [-0.25, -0.2) is 18.3 Å². The lowest BCUT2D eigenvalue weighted by Crippen LogP contribution is -2.60. The summed E-state index contributed by atoms with van der Waals surface area (Å²) < 4.78 is 65.2. The second-order valence-corrected chi connectivity index (χ2v) is 9.85. The average Bonchev–Trinajstić information content (AvgIpc) is 2.39. The van der Waals surface area contributed by atoms with Crippen LogP contribution in [0.25, 0.3) is 0 Å². The molecular weight excluding hydrogens is 484 g/mol. The highest BCUT2D eigenvalue weighted by molar-refractivity contribution is 7.47. The van der Waals surface area contributed by atoms with Crippen molar-refractivity contribution in [3.63, 3.8) is 0 Å². The van der Waals surface area contributed by atoms with Gasteiger partial charge in [0.25, 0.3) is 0 Å². The molecule has 0 radical (unpaired) electrons. The van der Waals surface area contributed by atoms with Gasteiger partial charge in [0.15, 0.2) is 6.29 Å². The SMILES string of the molecule is O=P(O)(O)OC[C@H]1O[C@H](O)[C@H](OP(=O)(O)O)[C@@H](OP(=O)(O)O)[C@@H]1OP(=O)(O)O. The second-order valence-electron chi connectivity index (χ2n) is 5.03. The number of aliphatic hydroxyl groups excluding tert-OH is 1. The van der Waals surface area contributed by atoms with Gasteiger partial charge in [-0.3, -0.25) is 18.1 Å². The minimum atomic E-state index is -5.57. The highest BCUT2D eigenvalue weighted by atomic mass is 31.2. The van der Waals surface area contributed by atoms with Gasteiger partial charge in [0, 0.05) is 0 Å². The predicted octanol–water partition coefficient (Wildman–Crippen LogP) is -2.75. The molecule has 0 aromatic rings. The molecule has 1 heterocycles. The van der Waals surface area contributed by atoms with Crippen LogP contribution in [0.3, 0.4) is 0 Å². The standard InChI is InChI=1S/C6H16O18P4/c7-6-5(24-28(17,18)19)4(23-27(14,15)16)3(22-26(11,12)13)2(21-6)1-20-25(8,9)10/h2-7H,1H2,(H2,8,9,10)(H2,11,12,13)(H2,14,15,16)(H2,17,18,19)/t2-,3-,4+,5-,6+/m1/s1. The smallest absolute Gasteiger partial charge is 0.366 e. The molecule has 22 heteroatoms. The molecule has 0 aromatic heterocycles. The molecule has 1 aliphatic heterocycles. The number of ether oxygens (including phenoxy) is 1. The molecule has 1 rings (SSSR count). The molecular formula is C6H16O18P4. The van der Waals surface area contributed by atoms with Crippen molar-refractivity contribution < 1.29 is 85.3 Å². The number of hydrogen-bond acceptors (Lipinski definition) is 10. The first-order valence-corrected chi connectivity index (χ1v) is 12.6. The van der Waals surface area contributed by atoms with Gasteiger partial charge in [0.05, 0.1) is 6.61 Å². The van der Waals surface area contributed by atoms with Crippen LogP contribution < -0.4 is 0 Å². The molecule has 1 fully saturated rings. The molecule has 0 amide bonds. The Kier molecular flexibility index (Phi) is 8.71. The van der Waals surface area contributed by atoms with Crippen molar-refractivity contribution in [3.05, 3.63) is 0 Å². The van der Waals surface area contributed by atoms with Crippen LogP contribution in [0, 0.1) is 0 Å². The van der Waals surface area contributed by atoms with E-state index in [1.807, 2.05) is 0 Å². The lowest BCUT2D eigenvalue weighted by molar-refractivity contribution is -0.276. The molecule has 18 nitrogen and oxygen atoms in total. The van der Waals surface area contributed by atoms with E-state index in [0.717, 1.165) is 0 Å². The summed E-state index contributed by atoms with van der Waals surface area (Å²) in [5, 5.41) is 9.79. The van der Waals surface area contributed by atoms with Crippen LogP contribution in [-0.2, 0) is 41.1 Å². The van der Waals surface area contributed by atoms with E-state index in [9.17, 15) is 23.4 Å². The molecule has 0 aromatic carbocycles. The molecule has 1 aliphatic rings. The Labute approximate surface area is 154 Å². The van der Waals surface area contributed by atoms with Crippen molar-refractivity contribution in [1.82, 2.24) is 0 Å². The normalized spacial score (nSPS) is 30.4. The Balaban J connectivity index is 3.34. The lowest BCUT2D eigenvalue weighted by atomic mass is 9.99. The molecule has 168 valence electrons. The van der Waals surface area contributed by atoms with Crippen molar-refractivity contribution in [1.29, 1.82) is 0 Å². The van der Waals surface area contributed by atoms with Crippen LogP contribution in [0.2, 0.25) is 0 Å². The topological polar surface area (TPSA) is 296 Å². The van der Waals surface area contributed by atoms with E-state index in [0.29, 0.717) is 0 Å². The van der Waals surface area contributed by atoms with Crippen molar-refractivity contribution in [2.24, 2.45) is 0 Å². The Morgan fingerprint density at radius 1 is 0.643 bits per heavy atom. The Morgan fingerprint density at radius 3 is 1.43 bits per heavy atom. The minimum absolute atomic E-state index is 1.27. The maximum Gasteiger partial charge on any atom is 0.470 e. The molecule has 0 bridgehead atoms. The summed E-state index contributed by atoms with van der Waals surface area (Å²) in [6, 6.07) is 0. The summed E-state index contributed by atoms with van der Waals surface area (Å²) in [5.41, 5.74) is 0. The van der Waals surface area contributed by atoms with Gasteiger partial charge in [0.1, 0.15) is 24.4 Å². The van der Waals surface area contributed by atoms with Gasteiger partial charge in [-0.15, -0.1) is 0 Å². The van der Waals surface area contributed by atoms with Crippen molar-refractivity contribution in [3.8, 4) is 0 Å². The minimum Gasteiger partial charge on any atom is -0.366 e. The maximum atomic E-state index is 11.1. The van der Waals surface area contributed by atoms with Gasteiger partial charge in [0.2, 0.25) is 0 Å². The first-order chi connectivity index (χ1) is 12.3. The van der Waals surface area contributed by atoms with Crippen LogP contribution in [-0.4, -0.2) is 81.6 Å². The highest BCUT2D eigenvalue weighted by Gasteiger charge is 2.54. The zero-order valence-corrected chi connectivity index (χ0v) is 16.7. The van der Waals surface area contributed by atoms with E-state index in [4.69, 9.17) is 39.1 Å². The number of phosphoric ester groups is 4. The highest BCUT2D eigenvalue weighted by Crippen LogP contribution is 2.50. The van der Waals surface area contributed by atoms with E-state index in [2.05, 4.69) is 22.8 Å². The quantitative estimate of drug-likeness (QED) is 0.145. The molecule has 0 saturated carbocycles. The van der Waals surface area contributed by atoms with Crippen LogP contribution >= 0.6 is 31.3 Å². The number of phosphoric acid groups is 4. The van der Waals surface area contributed by atoms with E-state index in [1.165, 1.54) is 0 Å². The van der Waals surface area contributed by atoms with E-state index >= 15 is 0 Å². The Morgan fingerprint density at radius 2 is 1.04 bits per heavy atom. The zero-order chi connectivity index (χ0) is 22.1. The fourth-order valence-corrected chi connectivity index (χ4v) is 4.05. The monoisotopic (exact) mass is 500 g/mol. The summed E-state index contributed by atoms with van der Waals surface area (Å²) in [7, 11) is -21.8. The van der Waals surface area contributed by atoms with E-state index in [-0.39, 0.29) is 0 Å². The van der Waals surface area contributed by atoms with Gasteiger partial charge in [-0.05, 0) is 0 Å². The van der Waals surface area contributed by atoms with Gasteiger partial charge in [-0.2, -0.15) is 0 Å². The molecule has 28 heavy (non-hydrogen) atoms. The van der Waals surface area contributed by atoms with E-state index in [1.54, 1.807) is 0 Å². The van der Waals surface area contributed by atoms with Crippen LogP contribution in [0.4, 0.5) is 0 Å². The summed E-state index contributed by atoms with van der Waals surface area (Å²) in [4.78, 5) is 70.9. The Hall–Kier alpha value is 0.360. The van der Waals surface area contributed by atoms with Crippen LogP contribution in [0.1, 0.15) is 0 Å². The van der Waals surface area contributed by atoms with Crippen molar-refractivity contribution in [2.75, 3.05) is 6.61 Å². The van der Waals surface area contributed by atoms with Gasteiger partial charge in [-0.1, -0.05) is 0 Å². The molecule has 0 aliphatic carbocycles. The first-order valence-electron chi connectivity index (χ1n) is 6.53. The maximum absolute atomic E-state index is 11.1. The fourth-order valence-electron chi connectivity index (χ4n) is 2.03. The fraction of sp³-hybridized carbons (Fsp3) is 1.00. The first kappa shape index (κ1) is 26.4. The third kappa shape index (κ3) is 9.91. The average molecular weight is 500 g/mol. The molecule has 5 atom stereocenters. The second kappa shape index (κ2) is 9.24. The molecule has 0 unspecified atom stereocenters. The lowest BCUT2D eigenvalue weighted by Gasteiger charge is -2.43. The summed E-state index contributed by atoms with van der Waals surface area (Å²) in [5.74, 6) is 0. The third-order valence-corrected chi connectivity index (χ3v) is 4.83. The molecule has 9 N–H and O–H groups in total. The number of aliphatic hydroxyl groups is 1. The van der Waals surface area contributed by atoms with Crippen LogP contribution in [0.15, 0.2) is 0 Å².